The number of carbonyl (C=O) groups is 1. The van der Waals surface area contributed by atoms with Crippen LogP contribution in [-0.4, -0.2) is 11.6 Å². The standard InChI is InChI=1S/C18H30N2OS/c1-4-6-7-8-9-10-11-12-18(21)20-19-15(3)17-14-13-16(5-2)22-17/h13-14H,4-12H2,1-3H3,(H,20,21)/b19-15+. The Kier molecular flexibility index (Phi) is 9.80. The van der Waals surface area contributed by atoms with Crippen LogP contribution in [0.25, 0.3) is 0 Å². The smallest absolute Gasteiger partial charge is 0.240 e. The summed E-state index contributed by atoms with van der Waals surface area (Å²) >= 11 is 1.74. The van der Waals surface area contributed by atoms with Gasteiger partial charge in [0.2, 0.25) is 5.91 Å². The fraction of sp³-hybridized carbons (Fsp3) is 0.667. The molecular weight excluding hydrogens is 292 g/mol. The van der Waals surface area contributed by atoms with Crippen LogP contribution in [0.15, 0.2) is 17.2 Å². The lowest BCUT2D eigenvalue weighted by molar-refractivity contribution is -0.121. The Balaban J connectivity index is 2.17. The summed E-state index contributed by atoms with van der Waals surface area (Å²) in [6.07, 6.45) is 10.2. The van der Waals surface area contributed by atoms with Gasteiger partial charge in [0, 0.05) is 11.3 Å². The van der Waals surface area contributed by atoms with E-state index in [-0.39, 0.29) is 5.91 Å². The predicted molar refractivity (Wildman–Crippen MR) is 96.7 cm³/mol. The second kappa shape index (κ2) is 11.4. The number of carbonyl (C=O) groups excluding carboxylic acids is 1. The molecule has 124 valence electrons. The first kappa shape index (κ1) is 18.9. The Morgan fingerprint density at radius 2 is 1.77 bits per heavy atom. The minimum absolute atomic E-state index is 0.0279. The van der Waals surface area contributed by atoms with Crippen LogP contribution in [0, 0.1) is 0 Å². The molecule has 0 radical (unpaired) electrons. The summed E-state index contributed by atoms with van der Waals surface area (Å²) in [7, 11) is 0. The molecule has 0 aliphatic rings. The van der Waals surface area contributed by atoms with Crippen molar-refractivity contribution in [2.45, 2.75) is 78.6 Å². The van der Waals surface area contributed by atoms with Crippen LogP contribution in [-0.2, 0) is 11.2 Å². The zero-order valence-electron chi connectivity index (χ0n) is 14.3. The molecule has 4 heteroatoms. The first-order valence-electron chi connectivity index (χ1n) is 8.59. The van der Waals surface area contributed by atoms with E-state index in [4.69, 9.17) is 0 Å². The molecule has 0 spiro atoms. The zero-order chi connectivity index (χ0) is 16.2. The molecule has 0 atom stereocenters. The van der Waals surface area contributed by atoms with Crippen molar-refractivity contribution < 1.29 is 4.79 Å². The third-order valence-electron chi connectivity index (χ3n) is 3.72. The molecule has 1 aromatic rings. The highest BCUT2D eigenvalue weighted by Gasteiger charge is 2.04. The lowest BCUT2D eigenvalue weighted by atomic mass is 10.1. The third-order valence-corrected chi connectivity index (χ3v) is 5.06. The van der Waals surface area contributed by atoms with E-state index >= 15 is 0 Å². The lowest BCUT2D eigenvalue weighted by Crippen LogP contribution is -2.18. The van der Waals surface area contributed by atoms with E-state index in [1.807, 2.05) is 6.92 Å². The fourth-order valence-corrected chi connectivity index (χ4v) is 3.15. The topological polar surface area (TPSA) is 41.5 Å². The summed E-state index contributed by atoms with van der Waals surface area (Å²) in [5.74, 6) is 0.0279. The number of rotatable bonds is 11. The number of hydrazone groups is 1. The van der Waals surface area contributed by atoms with Gasteiger partial charge in [-0.3, -0.25) is 4.79 Å². The highest BCUT2D eigenvalue weighted by molar-refractivity contribution is 7.14. The van der Waals surface area contributed by atoms with E-state index in [9.17, 15) is 4.79 Å². The average molecular weight is 323 g/mol. The van der Waals surface area contributed by atoms with Crippen molar-refractivity contribution in [1.29, 1.82) is 0 Å². The number of hydrogen-bond acceptors (Lipinski definition) is 3. The van der Waals surface area contributed by atoms with E-state index < -0.39 is 0 Å². The summed E-state index contributed by atoms with van der Waals surface area (Å²) in [5.41, 5.74) is 3.56. The number of unbranched alkanes of at least 4 members (excludes halogenated alkanes) is 6. The number of amides is 1. The van der Waals surface area contributed by atoms with Crippen LogP contribution < -0.4 is 5.43 Å². The van der Waals surface area contributed by atoms with Gasteiger partial charge in [-0.2, -0.15) is 5.10 Å². The number of nitrogens with zero attached hydrogens (tertiary/aromatic N) is 1. The van der Waals surface area contributed by atoms with Crippen LogP contribution in [0.1, 0.15) is 81.9 Å². The first-order chi connectivity index (χ1) is 10.7. The quantitative estimate of drug-likeness (QED) is 0.335. The van der Waals surface area contributed by atoms with Gasteiger partial charge in [-0.1, -0.05) is 52.4 Å². The molecule has 1 amide bonds. The molecule has 0 fully saturated rings. The summed E-state index contributed by atoms with van der Waals surface area (Å²) in [5, 5.41) is 4.21. The average Bonchev–Trinajstić information content (AvgIpc) is 3.01. The molecule has 1 heterocycles. The molecule has 0 unspecified atom stereocenters. The molecule has 0 aromatic carbocycles. The molecule has 0 aliphatic carbocycles. The first-order valence-corrected chi connectivity index (χ1v) is 9.41. The van der Waals surface area contributed by atoms with Gasteiger partial charge in [0.1, 0.15) is 0 Å². The Morgan fingerprint density at radius 1 is 1.09 bits per heavy atom. The van der Waals surface area contributed by atoms with Crippen LogP contribution in [0.3, 0.4) is 0 Å². The van der Waals surface area contributed by atoms with Crippen molar-refractivity contribution in [1.82, 2.24) is 5.43 Å². The van der Waals surface area contributed by atoms with E-state index in [0.717, 1.165) is 29.9 Å². The maximum atomic E-state index is 11.8. The Hall–Kier alpha value is -1.16. The van der Waals surface area contributed by atoms with Gasteiger partial charge in [0.15, 0.2) is 0 Å². The molecule has 0 saturated heterocycles. The van der Waals surface area contributed by atoms with Crippen molar-refractivity contribution >= 4 is 23.0 Å². The number of hydrogen-bond donors (Lipinski definition) is 1. The van der Waals surface area contributed by atoms with Gasteiger partial charge >= 0.3 is 0 Å². The molecule has 3 nitrogen and oxygen atoms in total. The van der Waals surface area contributed by atoms with E-state index in [1.165, 1.54) is 37.0 Å². The number of nitrogens with one attached hydrogen (secondary N) is 1. The van der Waals surface area contributed by atoms with E-state index in [2.05, 4.69) is 36.5 Å². The Bertz CT molecular complexity index is 465. The normalized spacial score (nSPS) is 11.7. The summed E-state index contributed by atoms with van der Waals surface area (Å²) in [6, 6.07) is 4.20. The molecular formula is C18H30N2OS. The fourth-order valence-electron chi connectivity index (χ4n) is 2.26. The SMILES string of the molecule is CCCCCCCCCC(=O)N/N=C(\C)c1ccc(CC)s1. The second-order valence-corrected chi connectivity index (χ2v) is 6.89. The predicted octanol–water partition coefficient (Wildman–Crippen LogP) is 5.29. The minimum atomic E-state index is 0.0279. The monoisotopic (exact) mass is 322 g/mol. The summed E-state index contributed by atoms with van der Waals surface area (Å²) < 4.78 is 0. The van der Waals surface area contributed by atoms with E-state index in [1.54, 1.807) is 11.3 Å². The molecule has 22 heavy (non-hydrogen) atoms. The Morgan fingerprint density at radius 3 is 2.41 bits per heavy atom. The van der Waals surface area contributed by atoms with Crippen molar-refractivity contribution in [2.24, 2.45) is 5.10 Å². The third kappa shape index (κ3) is 7.74. The van der Waals surface area contributed by atoms with Gasteiger partial charge < -0.3 is 0 Å². The summed E-state index contributed by atoms with van der Waals surface area (Å²) in [6.45, 7) is 6.32. The number of thiophene rings is 1. The van der Waals surface area contributed by atoms with Gasteiger partial charge in [0.05, 0.1) is 10.6 Å². The van der Waals surface area contributed by atoms with Crippen LogP contribution in [0.5, 0.6) is 0 Å². The van der Waals surface area contributed by atoms with Crippen LogP contribution in [0.4, 0.5) is 0 Å². The molecule has 0 bridgehead atoms. The van der Waals surface area contributed by atoms with E-state index in [0.29, 0.717) is 6.42 Å². The molecule has 0 saturated carbocycles. The number of aryl methyl sites for hydroxylation is 1. The van der Waals surface area contributed by atoms with Crippen molar-refractivity contribution in [3.05, 3.63) is 21.9 Å². The van der Waals surface area contributed by atoms with Gasteiger partial charge in [-0.15, -0.1) is 11.3 Å². The van der Waals surface area contributed by atoms with Gasteiger partial charge in [-0.05, 0) is 31.9 Å². The van der Waals surface area contributed by atoms with Crippen molar-refractivity contribution in [3.63, 3.8) is 0 Å². The van der Waals surface area contributed by atoms with Crippen LogP contribution >= 0.6 is 11.3 Å². The maximum Gasteiger partial charge on any atom is 0.240 e. The largest absolute Gasteiger partial charge is 0.273 e. The second-order valence-electron chi connectivity index (χ2n) is 5.72. The maximum absolute atomic E-state index is 11.8. The molecule has 1 N–H and O–H groups in total. The van der Waals surface area contributed by atoms with Gasteiger partial charge in [0.25, 0.3) is 0 Å². The van der Waals surface area contributed by atoms with Crippen LogP contribution in [0.2, 0.25) is 0 Å². The molecule has 1 aromatic heterocycles. The highest BCUT2D eigenvalue weighted by Crippen LogP contribution is 2.17. The highest BCUT2D eigenvalue weighted by atomic mass is 32.1. The van der Waals surface area contributed by atoms with Crippen molar-refractivity contribution in [3.8, 4) is 0 Å². The zero-order valence-corrected chi connectivity index (χ0v) is 15.1. The lowest BCUT2D eigenvalue weighted by Gasteiger charge is -2.02. The Labute approximate surface area is 139 Å². The summed E-state index contributed by atoms with van der Waals surface area (Å²) in [4.78, 5) is 14.2. The minimum Gasteiger partial charge on any atom is -0.273 e. The molecule has 0 aliphatic heterocycles. The van der Waals surface area contributed by atoms with Gasteiger partial charge in [-0.25, -0.2) is 5.43 Å². The molecule has 1 rings (SSSR count). The van der Waals surface area contributed by atoms with Crippen molar-refractivity contribution in [2.75, 3.05) is 0 Å².